The maximum atomic E-state index is 12.8. The van der Waals surface area contributed by atoms with E-state index in [4.69, 9.17) is 9.47 Å². The smallest absolute Gasteiger partial charge is 0.387 e. The van der Waals surface area contributed by atoms with Crippen molar-refractivity contribution in [2.75, 3.05) is 52.9 Å². The maximum absolute atomic E-state index is 12.8. The first kappa shape index (κ1) is 21.6. The number of aliphatic imine (C=N–C) groups is 1. The molecule has 3 saturated heterocycles. The Hall–Kier alpha value is -2.13. The molecule has 0 saturated carbocycles. The summed E-state index contributed by atoms with van der Waals surface area (Å²) in [5.74, 6) is 1.27. The topological polar surface area (TPSA) is 61.4 Å². The second-order valence-electron chi connectivity index (χ2n) is 7.29. The minimum Gasteiger partial charge on any atom is -0.493 e. The fraction of sp³-hybridized carbons (Fsp3) is 0.650. The molecule has 1 unspecified atom stereocenters. The zero-order chi connectivity index (χ0) is 20.6. The van der Waals surface area contributed by atoms with Gasteiger partial charge in [-0.1, -0.05) is 6.92 Å². The first-order valence-corrected chi connectivity index (χ1v) is 10.2. The van der Waals surface area contributed by atoms with Gasteiger partial charge in [-0.2, -0.15) is 8.78 Å². The molecule has 162 valence electrons. The number of guanidine groups is 1. The summed E-state index contributed by atoms with van der Waals surface area (Å²) in [5, 5.41) is 6.54. The van der Waals surface area contributed by atoms with E-state index in [-0.39, 0.29) is 5.75 Å². The van der Waals surface area contributed by atoms with Crippen molar-refractivity contribution in [3.8, 4) is 11.5 Å². The van der Waals surface area contributed by atoms with Gasteiger partial charge in [0.15, 0.2) is 5.96 Å². The summed E-state index contributed by atoms with van der Waals surface area (Å²) in [5.41, 5.74) is 0.615. The predicted molar refractivity (Wildman–Crippen MR) is 109 cm³/mol. The number of halogens is 2. The number of hydrogen-bond donors (Lipinski definition) is 2. The van der Waals surface area contributed by atoms with Crippen LogP contribution in [0.15, 0.2) is 23.2 Å². The molecular weight excluding hydrogens is 380 g/mol. The van der Waals surface area contributed by atoms with Gasteiger partial charge in [0.05, 0.1) is 6.61 Å². The second kappa shape index (κ2) is 10.6. The van der Waals surface area contributed by atoms with E-state index >= 15 is 0 Å². The van der Waals surface area contributed by atoms with Gasteiger partial charge in [-0.25, -0.2) is 0 Å². The third-order valence-corrected chi connectivity index (χ3v) is 5.29. The van der Waals surface area contributed by atoms with Crippen molar-refractivity contribution in [1.29, 1.82) is 0 Å². The molecule has 1 atom stereocenters. The average Bonchev–Trinajstić information content (AvgIpc) is 2.74. The van der Waals surface area contributed by atoms with Crippen LogP contribution >= 0.6 is 0 Å². The number of piperazine rings is 3. The Bertz CT molecular complexity index is 681. The monoisotopic (exact) mass is 411 g/mol. The number of ether oxygens (including phenoxy) is 2. The van der Waals surface area contributed by atoms with Crippen LogP contribution in [0.4, 0.5) is 8.78 Å². The molecule has 3 aliphatic rings. The number of benzene rings is 1. The Kier molecular flexibility index (Phi) is 7.88. The molecule has 4 rings (SSSR count). The normalized spacial score (nSPS) is 23.9. The van der Waals surface area contributed by atoms with E-state index in [1.54, 1.807) is 19.2 Å². The first-order valence-electron chi connectivity index (χ1n) is 10.2. The molecule has 0 spiro atoms. The van der Waals surface area contributed by atoms with Crippen molar-refractivity contribution in [1.82, 2.24) is 20.4 Å². The van der Waals surface area contributed by atoms with E-state index in [0.29, 0.717) is 36.5 Å². The van der Waals surface area contributed by atoms with Crippen LogP contribution < -0.4 is 20.1 Å². The predicted octanol–water partition coefficient (Wildman–Crippen LogP) is 1.74. The molecule has 3 aliphatic heterocycles. The van der Waals surface area contributed by atoms with Crippen molar-refractivity contribution in [2.24, 2.45) is 4.99 Å². The van der Waals surface area contributed by atoms with E-state index in [9.17, 15) is 8.78 Å². The van der Waals surface area contributed by atoms with Crippen LogP contribution in [0.25, 0.3) is 0 Å². The van der Waals surface area contributed by atoms with Crippen LogP contribution in [0.1, 0.15) is 18.9 Å². The zero-order valence-corrected chi connectivity index (χ0v) is 17.2. The molecule has 1 aromatic rings. The summed E-state index contributed by atoms with van der Waals surface area (Å²) in [7, 11) is 1.70. The summed E-state index contributed by atoms with van der Waals surface area (Å²) < 4.78 is 35.9. The lowest BCUT2D eigenvalue weighted by Crippen LogP contribution is -2.63. The molecule has 0 aromatic heterocycles. The highest BCUT2D eigenvalue weighted by Crippen LogP contribution is 2.26. The molecule has 0 amide bonds. The van der Waals surface area contributed by atoms with Gasteiger partial charge in [0.1, 0.15) is 11.5 Å². The highest BCUT2D eigenvalue weighted by molar-refractivity contribution is 5.79. The summed E-state index contributed by atoms with van der Waals surface area (Å²) in [6, 6.07) is 5.47. The van der Waals surface area contributed by atoms with Crippen LogP contribution in [-0.2, 0) is 6.54 Å². The van der Waals surface area contributed by atoms with Crippen molar-refractivity contribution in [2.45, 2.75) is 32.5 Å². The van der Waals surface area contributed by atoms with Gasteiger partial charge in [0, 0.05) is 70.5 Å². The average molecular weight is 411 g/mol. The zero-order valence-electron chi connectivity index (χ0n) is 17.2. The molecule has 3 heterocycles. The van der Waals surface area contributed by atoms with Crippen LogP contribution in [0.3, 0.4) is 0 Å². The summed E-state index contributed by atoms with van der Waals surface area (Å²) >= 11 is 0. The molecule has 29 heavy (non-hydrogen) atoms. The lowest BCUT2D eigenvalue weighted by molar-refractivity contribution is -0.0505. The molecule has 1 aromatic carbocycles. The Morgan fingerprint density at radius 3 is 2.66 bits per heavy atom. The minimum atomic E-state index is -2.89. The van der Waals surface area contributed by atoms with Crippen molar-refractivity contribution >= 4 is 5.96 Å². The van der Waals surface area contributed by atoms with E-state index in [1.165, 1.54) is 6.07 Å². The Balaban J connectivity index is 1.55. The van der Waals surface area contributed by atoms with E-state index < -0.39 is 6.61 Å². The first-order chi connectivity index (χ1) is 14.1. The van der Waals surface area contributed by atoms with Gasteiger partial charge in [0.2, 0.25) is 0 Å². The van der Waals surface area contributed by atoms with Crippen LogP contribution in [0, 0.1) is 0 Å². The highest BCUT2D eigenvalue weighted by Gasteiger charge is 2.31. The van der Waals surface area contributed by atoms with Gasteiger partial charge in [-0.05, 0) is 18.6 Å². The van der Waals surface area contributed by atoms with Gasteiger partial charge < -0.3 is 20.1 Å². The Labute approximate surface area is 171 Å². The quantitative estimate of drug-likeness (QED) is 0.477. The molecule has 3 fully saturated rings. The van der Waals surface area contributed by atoms with E-state index in [0.717, 1.165) is 45.7 Å². The number of rotatable bonds is 9. The highest BCUT2D eigenvalue weighted by atomic mass is 19.3. The van der Waals surface area contributed by atoms with Crippen molar-refractivity contribution < 1.29 is 18.3 Å². The van der Waals surface area contributed by atoms with Crippen molar-refractivity contribution in [3.63, 3.8) is 0 Å². The maximum Gasteiger partial charge on any atom is 0.387 e. The van der Waals surface area contributed by atoms with Crippen molar-refractivity contribution in [3.05, 3.63) is 23.8 Å². The number of nitrogens with one attached hydrogen (secondary N) is 2. The SMILES string of the molecule is CCCOc1ccc(CNC(=NC)NCC2CN3CCN2CC3)c(OC(F)F)c1. The summed E-state index contributed by atoms with van der Waals surface area (Å²) in [6.07, 6.45) is 0.840. The number of fused-ring (bicyclic) bond motifs is 3. The molecule has 2 N–H and O–H groups in total. The van der Waals surface area contributed by atoms with Gasteiger partial charge in [-0.15, -0.1) is 0 Å². The minimum absolute atomic E-state index is 0.111. The Morgan fingerprint density at radius 1 is 1.24 bits per heavy atom. The second-order valence-corrected chi connectivity index (χ2v) is 7.29. The number of alkyl halides is 2. The van der Waals surface area contributed by atoms with Crippen LogP contribution in [0.5, 0.6) is 11.5 Å². The molecule has 2 bridgehead atoms. The molecular formula is C20H31F2N5O2. The standard InChI is InChI=1S/C20H31F2N5O2/c1-3-10-28-17-5-4-15(18(11-17)29-19(21)22)12-24-20(23-2)25-13-16-14-26-6-8-27(16)9-7-26/h4-5,11,16,19H,3,6-10,12-14H2,1-2H3,(H2,23,24,25). The third-order valence-electron chi connectivity index (χ3n) is 5.29. The third kappa shape index (κ3) is 6.17. The van der Waals surface area contributed by atoms with Crippen LogP contribution in [-0.4, -0.2) is 81.3 Å². The summed E-state index contributed by atoms with van der Waals surface area (Å²) in [4.78, 5) is 9.24. The summed E-state index contributed by atoms with van der Waals surface area (Å²) in [6.45, 7) is 6.31. The molecule has 9 heteroatoms. The lowest BCUT2D eigenvalue weighted by Gasteiger charge is -2.47. The molecule has 0 radical (unpaired) electrons. The largest absolute Gasteiger partial charge is 0.493 e. The van der Waals surface area contributed by atoms with E-state index in [1.807, 2.05) is 6.92 Å². The Morgan fingerprint density at radius 2 is 2.03 bits per heavy atom. The molecule has 0 aliphatic carbocycles. The van der Waals surface area contributed by atoms with E-state index in [2.05, 4.69) is 25.4 Å². The van der Waals surface area contributed by atoms with Gasteiger partial charge >= 0.3 is 6.61 Å². The van der Waals surface area contributed by atoms with Gasteiger partial charge in [0.25, 0.3) is 0 Å². The fourth-order valence-electron chi connectivity index (χ4n) is 3.73. The van der Waals surface area contributed by atoms with Gasteiger partial charge in [-0.3, -0.25) is 14.8 Å². The number of hydrogen-bond acceptors (Lipinski definition) is 5. The fourth-order valence-corrected chi connectivity index (χ4v) is 3.73. The lowest BCUT2D eigenvalue weighted by atomic mass is 10.1. The molecule has 7 nitrogen and oxygen atoms in total. The number of nitrogens with zero attached hydrogens (tertiary/aromatic N) is 3. The van der Waals surface area contributed by atoms with Crippen LogP contribution in [0.2, 0.25) is 0 Å².